The summed E-state index contributed by atoms with van der Waals surface area (Å²) >= 11 is 0. The van der Waals surface area contributed by atoms with Crippen LogP contribution in [0.1, 0.15) is 32.3 Å². The Hall–Kier alpha value is -1.29. The third-order valence-corrected chi connectivity index (χ3v) is 3.00. The first-order valence-electron chi connectivity index (χ1n) is 7.04. The minimum atomic E-state index is 0.200. The van der Waals surface area contributed by atoms with E-state index in [9.17, 15) is 4.79 Å². The third kappa shape index (κ3) is 6.43. The van der Waals surface area contributed by atoms with Gasteiger partial charge in [0.1, 0.15) is 0 Å². The topological polar surface area (TPSA) is 37.3 Å². The van der Waals surface area contributed by atoms with Crippen LogP contribution in [0.5, 0.6) is 0 Å². The van der Waals surface area contributed by atoms with Crippen LogP contribution < -0.4 is 5.32 Å². The van der Waals surface area contributed by atoms with E-state index in [1.165, 1.54) is 5.56 Å². The minimum Gasteiger partial charge on any atom is -0.354 e. The Balaban J connectivity index is 2.25. The molecule has 0 atom stereocenters. The lowest BCUT2D eigenvalue weighted by atomic mass is 10.2. The number of hydrogen-bond donors (Lipinski definition) is 1. The van der Waals surface area contributed by atoms with Crippen LogP contribution in [0.25, 0.3) is 0 Å². The lowest BCUT2D eigenvalue weighted by Crippen LogP contribution is -2.21. The summed E-state index contributed by atoms with van der Waals surface area (Å²) in [6.07, 6.45) is 5.76. The predicted molar refractivity (Wildman–Crippen MR) is 78.9 cm³/mol. The average Bonchev–Trinajstić information content (AvgIpc) is 2.76. The summed E-state index contributed by atoms with van der Waals surface area (Å²) in [6, 6.07) is 2.14. The van der Waals surface area contributed by atoms with Gasteiger partial charge in [0, 0.05) is 46.0 Å². The maximum absolute atomic E-state index is 11.5. The number of aromatic nitrogens is 1. The fraction of sp³-hybridized carbons (Fsp3) is 0.667. The first kappa shape index (κ1) is 15.8. The van der Waals surface area contributed by atoms with Gasteiger partial charge < -0.3 is 14.8 Å². The molecule has 1 aromatic rings. The zero-order chi connectivity index (χ0) is 14.3. The van der Waals surface area contributed by atoms with Crippen molar-refractivity contribution in [2.75, 3.05) is 20.6 Å². The smallest absolute Gasteiger partial charge is 0.222 e. The van der Waals surface area contributed by atoms with Gasteiger partial charge in [-0.1, -0.05) is 13.8 Å². The van der Waals surface area contributed by atoms with Gasteiger partial charge in [0.2, 0.25) is 5.91 Å². The molecular formula is C15H27N3O. The number of aryl methyl sites for hydroxylation is 1. The molecule has 0 fully saturated rings. The molecule has 0 aliphatic heterocycles. The van der Waals surface area contributed by atoms with Gasteiger partial charge in [-0.25, -0.2) is 0 Å². The van der Waals surface area contributed by atoms with Gasteiger partial charge in [-0.15, -0.1) is 0 Å². The molecular weight excluding hydrogens is 238 g/mol. The number of nitrogens with zero attached hydrogens (tertiary/aromatic N) is 2. The zero-order valence-electron chi connectivity index (χ0n) is 12.6. The summed E-state index contributed by atoms with van der Waals surface area (Å²) in [7, 11) is 3.60. The highest BCUT2D eigenvalue weighted by Crippen LogP contribution is 2.04. The molecule has 0 radical (unpaired) electrons. The van der Waals surface area contributed by atoms with Crippen molar-refractivity contribution >= 4 is 5.91 Å². The van der Waals surface area contributed by atoms with Crippen LogP contribution in [-0.4, -0.2) is 36.0 Å². The Morgan fingerprint density at radius 1 is 1.42 bits per heavy atom. The highest BCUT2D eigenvalue weighted by molar-refractivity contribution is 5.75. The Kier molecular flexibility index (Phi) is 6.64. The van der Waals surface area contributed by atoms with Crippen LogP contribution in [0, 0.1) is 5.92 Å². The number of amides is 1. The van der Waals surface area contributed by atoms with Crippen LogP contribution in [0.2, 0.25) is 0 Å². The fourth-order valence-electron chi connectivity index (χ4n) is 1.88. The van der Waals surface area contributed by atoms with Gasteiger partial charge in [-0.05, 0) is 30.5 Å². The van der Waals surface area contributed by atoms with Crippen LogP contribution >= 0.6 is 0 Å². The largest absolute Gasteiger partial charge is 0.354 e. The summed E-state index contributed by atoms with van der Waals surface area (Å²) in [5.41, 5.74) is 1.31. The number of carbonyl (C=O) groups is 1. The van der Waals surface area contributed by atoms with Crippen LogP contribution in [0.3, 0.4) is 0 Å². The van der Waals surface area contributed by atoms with E-state index in [1.807, 2.05) is 0 Å². The summed E-state index contributed by atoms with van der Waals surface area (Å²) < 4.78 is 2.16. The van der Waals surface area contributed by atoms with E-state index in [0.29, 0.717) is 12.3 Å². The first-order valence-corrected chi connectivity index (χ1v) is 7.04. The first-order chi connectivity index (χ1) is 8.99. The molecule has 0 aromatic carbocycles. The molecule has 19 heavy (non-hydrogen) atoms. The van der Waals surface area contributed by atoms with Crippen molar-refractivity contribution in [2.24, 2.45) is 5.92 Å². The highest BCUT2D eigenvalue weighted by atomic mass is 16.2. The van der Waals surface area contributed by atoms with Gasteiger partial charge in [-0.3, -0.25) is 4.79 Å². The molecule has 108 valence electrons. The molecule has 0 saturated heterocycles. The van der Waals surface area contributed by atoms with Crippen molar-refractivity contribution in [3.05, 3.63) is 24.0 Å². The molecule has 0 aliphatic rings. The second-order valence-corrected chi connectivity index (χ2v) is 5.67. The van der Waals surface area contributed by atoms with Gasteiger partial charge in [0.05, 0.1) is 0 Å². The fourth-order valence-corrected chi connectivity index (χ4v) is 1.88. The maximum Gasteiger partial charge on any atom is 0.222 e. The van der Waals surface area contributed by atoms with Crippen LogP contribution in [0.15, 0.2) is 18.5 Å². The molecule has 0 bridgehead atoms. The van der Waals surface area contributed by atoms with E-state index in [0.717, 1.165) is 26.1 Å². The second-order valence-electron chi connectivity index (χ2n) is 5.67. The Morgan fingerprint density at radius 3 is 2.79 bits per heavy atom. The number of carbonyl (C=O) groups excluding carboxylic acids is 1. The van der Waals surface area contributed by atoms with Crippen molar-refractivity contribution in [2.45, 2.75) is 39.8 Å². The second kappa shape index (κ2) is 8.00. The average molecular weight is 265 g/mol. The van der Waals surface area contributed by atoms with Crippen molar-refractivity contribution in [3.63, 3.8) is 0 Å². The minimum absolute atomic E-state index is 0.200. The SMILES string of the molecule is CC(C)CNCc1ccn(CCCC(=O)N(C)C)c1. The van der Waals surface area contributed by atoms with E-state index in [1.54, 1.807) is 19.0 Å². The lowest BCUT2D eigenvalue weighted by Gasteiger charge is -2.10. The predicted octanol–water partition coefficient (Wildman–Crippen LogP) is 2.10. The summed E-state index contributed by atoms with van der Waals surface area (Å²) in [6.45, 7) is 7.29. The van der Waals surface area contributed by atoms with Gasteiger partial charge in [-0.2, -0.15) is 0 Å². The molecule has 4 nitrogen and oxygen atoms in total. The summed E-state index contributed by atoms with van der Waals surface area (Å²) in [4.78, 5) is 13.1. The molecule has 0 aliphatic carbocycles. The van der Waals surface area contributed by atoms with E-state index in [-0.39, 0.29) is 5.91 Å². The van der Waals surface area contributed by atoms with Gasteiger partial charge in [0.25, 0.3) is 0 Å². The Bertz CT molecular complexity index is 382. The van der Waals surface area contributed by atoms with Crippen molar-refractivity contribution in [3.8, 4) is 0 Å². The Labute approximate surface area is 116 Å². The normalized spacial score (nSPS) is 11.0. The number of hydrogen-bond acceptors (Lipinski definition) is 2. The quantitative estimate of drug-likeness (QED) is 0.781. The number of rotatable bonds is 8. The van der Waals surface area contributed by atoms with Crippen molar-refractivity contribution in [1.29, 1.82) is 0 Å². The standard InChI is InChI=1S/C15H27N3O/c1-13(2)10-16-11-14-7-9-18(12-14)8-5-6-15(19)17(3)4/h7,9,12-13,16H,5-6,8,10-11H2,1-4H3. The summed E-state index contributed by atoms with van der Waals surface area (Å²) in [5.74, 6) is 0.880. The molecule has 1 amide bonds. The lowest BCUT2D eigenvalue weighted by molar-refractivity contribution is -0.128. The highest BCUT2D eigenvalue weighted by Gasteiger charge is 2.03. The van der Waals surface area contributed by atoms with E-state index >= 15 is 0 Å². The summed E-state index contributed by atoms with van der Waals surface area (Å²) in [5, 5.41) is 3.43. The van der Waals surface area contributed by atoms with Gasteiger partial charge in [0.15, 0.2) is 0 Å². The monoisotopic (exact) mass is 265 g/mol. The molecule has 1 aromatic heterocycles. The maximum atomic E-state index is 11.5. The molecule has 0 saturated carbocycles. The van der Waals surface area contributed by atoms with Gasteiger partial charge >= 0.3 is 0 Å². The van der Waals surface area contributed by atoms with E-state index < -0.39 is 0 Å². The molecule has 0 unspecified atom stereocenters. The molecule has 1 heterocycles. The van der Waals surface area contributed by atoms with Crippen molar-refractivity contribution in [1.82, 2.24) is 14.8 Å². The zero-order valence-corrected chi connectivity index (χ0v) is 12.6. The molecule has 1 rings (SSSR count). The third-order valence-electron chi connectivity index (χ3n) is 3.00. The van der Waals surface area contributed by atoms with E-state index in [2.05, 4.69) is 42.2 Å². The van der Waals surface area contributed by atoms with Crippen LogP contribution in [0.4, 0.5) is 0 Å². The molecule has 0 spiro atoms. The van der Waals surface area contributed by atoms with Crippen LogP contribution in [-0.2, 0) is 17.9 Å². The Morgan fingerprint density at radius 2 is 2.16 bits per heavy atom. The van der Waals surface area contributed by atoms with E-state index in [4.69, 9.17) is 0 Å². The number of nitrogens with one attached hydrogen (secondary N) is 1. The van der Waals surface area contributed by atoms with Crippen molar-refractivity contribution < 1.29 is 4.79 Å². The molecule has 4 heteroatoms. The molecule has 1 N–H and O–H groups in total.